The molecule has 6 heteroatoms. The molecule has 0 aliphatic rings. The van der Waals surface area contributed by atoms with Gasteiger partial charge >= 0.3 is 5.97 Å². The minimum atomic E-state index is -3.65. The second-order valence-electron chi connectivity index (χ2n) is 5.40. The first-order valence-electron chi connectivity index (χ1n) is 6.99. The van der Waals surface area contributed by atoms with Crippen LogP contribution < -0.4 is 0 Å². The molecule has 0 radical (unpaired) electrons. The largest absolute Gasteiger partial charge is 0.481 e. The Balaban J connectivity index is 2.94. The molecule has 0 bridgehead atoms. The van der Waals surface area contributed by atoms with Gasteiger partial charge in [0.15, 0.2) is 0 Å². The van der Waals surface area contributed by atoms with Gasteiger partial charge in [0.25, 0.3) is 0 Å². The SMILES string of the molecule is CCC(C)c1ccc(S(=O)(=O)N(C)CC(C)C(=O)O)cc1. The molecule has 0 aliphatic carbocycles. The van der Waals surface area contributed by atoms with Gasteiger partial charge in [-0.05, 0) is 30.0 Å². The molecule has 118 valence electrons. The van der Waals surface area contributed by atoms with Gasteiger partial charge in [0, 0.05) is 13.6 Å². The van der Waals surface area contributed by atoms with E-state index in [1.54, 1.807) is 12.1 Å². The van der Waals surface area contributed by atoms with E-state index in [1.165, 1.54) is 14.0 Å². The summed E-state index contributed by atoms with van der Waals surface area (Å²) in [5, 5.41) is 8.87. The Morgan fingerprint density at radius 1 is 1.24 bits per heavy atom. The Labute approximate surface area is 126 Å². The van der Waals surface area contributed by atoms with Gasteiger partial charge in [-0.2, -0.15) is 0 Å². The zero-order chi connectivity index (χ0) is 16.2. The van der Waals surface area contributed by atoms with E-state index in [0.29, 0.717) is 5.92 Å². The number of benzene rings is 1. The van der Waals surface area contributed by atoms with Crippen molar-refractivity contribution < 1.29 is 18.3 Å². The standard InChI is InChI=1S/C15H23NO4S/c1-5-11(2)13-6-8-14(9-7-13)21(19,20)16(4)10-12(3)15(17)18/h6-9,11-12H,5,10H2,1-4H3,(H,17,18). The van der Waals surface area contributed by atoms with Crippen molar-refractivity contribution in [2.75, 3.05) is 13.6 Å². The maximum Gasteiger partial charge on any atom is 0.307 e. The third kappa shape index (κ3) is 4.28. The number of hydrogen-bond donors (Lipinski definition) is 1. The first kappa shape index (κ1) is 17.7. The zero-order valence-corrected chi connectivity index (χ0v) is 13.7. The lowest BCUT2D eigenvalue weighted by Gasteiger charge is -2.19. The van der Waals surface area contributed by atoms with Crippen molar-refractivity contribution in [1.82, 2.24) is 4.31 Å². The molecule has 2 atom stereocenters. The first-order valence-corrected chi connectivity index (χ1v) is 8.43. The fourth-order valence-electron chi connectivity index (χ4n) is 1.95. The van der Waals surface area contributed by atoms with Crippen molar-refractivity contribution in [2.24, 2.45) is 5.92 Å². The maximum atomic E-state index is 12.4. The number of hydrogen-bond acceptors (Lipinski definition) is 3. The van der Waals surface area contributed by atoms with Gasteiger partial charge in [0.05, 0.1) is 10.8 Å². The molecular formula is C15H23NO4S. The van der Waals surface area contributed by atoms with Gasteiger partial charge in [-0.1, -0.05) is 32.9 Å². The van der Waals surface area contributed by atoms with Crippen LogP contribution in [0.15, 0.2) is 29.2 Å². The van der Waals surface area contributed by atoms with E-state index >= 15 is 0 Å². The molecule has 1 aromatic carbocycles. The number of nitrogens with zero attached hydrogens (tertiary/aromatic N) is 1. The summed E-state index contributed by atoms with van der Waals surface area (Å²) in [6.07, 6.45) is 0.988. The second kappa shape index (κ2) is 7.04. The predicted molar refractivity (Wildman–Crippen MR) is 81.8 cm³/mol. The summed E-state index contributed by atoms with van der Waals surface area (Å²) in [6, 6.07) is 6.79. The van der Waals surface area contributed by atoms with Gasteiger partial charge in [-0.15, -0.1) is 0 Å². The normalized spacial score (nSPS) is 14.9. The van der Waals surface area contributed by atoms with Crippen molar-refractivity contribution in [3.63, 3.8) is 0 Å². The van der Waals surface area contributed by atoms with Crippen LogP contribution in [0.1, 0.15) is 38.7 Å². The number of carboxylic acids is 1. The quantitative estimate of drug-likeness (QED) is 0.839. The lowest BCUT2D eigenvalue weighted by atomic mass is 9.99. The van der Waals surface area contributed by atoms with E-state index in [-0.39, 0.29) is 11.4 Å². The predicted octanol–water partition coefficient (Wildman–Crippen LogP) is 2.54. The van der Waals surface area contributed by atoms with E-state index in [1.807, 2.05) is 12.1 Å². The van der Waals surface area contributed by atoms with Crippen LogP contribution in [0.4, 0.5) is 0 Å². The Morgan fingerprint density at radius 3 is 2.19 bits per heavy atom. The third-order valence-electron chi connectivity index (χ3n) is 3.72. The molecule has 0 saturated heterocycles. The van der Waals surface area contributed by atoms with Gasteiger partial charge < -0.3 is 5.11 Å². The van der Waals surface area contributed by atoms with Gasteiger partial charge in [-0.25, -0.2) is 12.7 Å². The van der Waals surface area contributed by atoms with E-state index in [9.17, 15) is 13.2 Å². The summed E-state index contributed by atoms with van der Waals surface area (Å²) in [6.45, 7) is 5.60. The molecule has 21 heavy (non-hydrogen) atoms. The highest BCUT2D eigenvalue weighted by Crippen LogP contribution is 2.22. The minimum Gasteiger partial charge on any atom is -0.481 e. The molecule has 0 saturated carbocycles. The van der Waals surface area contributed by atoms with E-state index in [4.69, 9.17) is 5.11 Å². The molecule has 0 heterocycles. The lowest BCUT2D eigenvalue weighted by Crippen LogP contribution is -2.33. The minimum absolute atomic E-state index is 0.0508. The van der Waals surface area contributed by atoms with E-state index in [2.05, 4.69) is 13.8 Å². The molecule has 5 nitrogen and oxygen atoms in total. The molecule has 1 aromatic rings. The molecule has 0 aromatic heterocycles. The number of sulfonamides is 1. The van der Waals surface area contributed by atoms with Crippen LogP contribution >= 0.6 is 0 Å². The summed E-state index contributed by atoms with van der Waals surface area (Å²) >= 11 is 0. The highest BCUT2D eigenvalue weighted by molar-refractivity contribution is 7.89. The number of rotatable bonds is 7. The fraction of sp³-hybridized carbons (Fsp3) is 0.533. The average Bonchev–Trinajstić information content (AvgIpc) is 2.46. The van der Waals surface area contributed by atoms with Crippen LogP contribution in [-0.2, 0) is 14.8 Å². The molecular weight excluding hydrogens is 290 g/mol. The molecule has 0 amide bonds. The van der Waals surface area contributed by atoms with Crippen LogP contribution in [-0.4, -0.2) is 37.4 Å². The monoisotopic (exact) mass is 313 g/mol. The maximum absolute atomic E-state index is 12.4. The summed E-state index contributed by atoms with van der Waals surface area (Å²) < 4.78 is 25.8. The van der Waals surface area contributed by atoms with Crippen molar-refractivity contribution in [3.05, 3.63) is 29.8 Å². The van der Waals surface area contributed by atoms with E-state index in [0.717, 1.165) is 16.3 Å². The Morgan fingerprint density at radius 2 is 1.76 bits per heavy atom. The third-order valence-corrected chi connectivity index (χ3v) is 5.56. The number of carboxylic acid groups (broad SMARTS) is 1. The van der Waals surface area contributed by atoms with Crippen molar-refractivity contribution in [3.8, 4) is 0 Å². The number of carbonyl (C=O) groups is 1. The Hall–Kier alpha value is -1.40. The Kier molecular flexibility index (Phi) is 5.92. The van der Waals surface area contributed by atoms with Crippen LogP contribution in [0.2, 0.25) is 0 Å². The molecule has 1 N–H and O–H groups in total. The summed E-state index contributed by atoms with van der Waals surface area (Å²) in [5.74, 6) is -1.38. The van der Waals surface area contributed by atoms with Gasteiger partial charge in [0.2, 0.25) is 10.0 Å². The van der Waals surface area contributed by atoms with Crippen LogP contribution in [0.25, 0.3) is 0 Å². The second-order valence-corrected chi connectivity index (χ2v) is 7.45. The van der Waals surface area contributed by atoms with Crippen molar-refractivity contribution in [2.45, 2.75) is 38.0 Å². The first-order chi connectivity index (χ1) is 9.70. The van der Waals surface area contributed by atoms with Gasteiger partial charge in [-0.3, -0.25) is 4.79 Å². The molecule has 0 spiro atoms. The van der Waals surface area contributed by atoms with Crippen molar-refractivity contribution >= 4 is 16.0 Å². The highest BCUT2D eigenvalue weighted by atomic mass is 32.2. The Bertz CT molecular complexity index is 580. The van der Waals surface area contributed by atoms with Crippen molar-refractivity contribution in [1.29, 1.82) is 0 Å². The zero-order valence-electron chi connectivity index (χ0n) is 12.9. The topological polar surface area (TPSA) is 74.7 Å². The highest BCUT2D eigenvalue weighted by Gasteiger charge is 2.24. The molecule has 2 unspecified atom stereocenters. The van der Waals surface area contributed by atoms with E-state index < -0.39 is 21.9 Å². The summed E-state index contributed by atoms with van der Waals surface area (Å²) in [4.78, 5) is 11.0. The smallest absolute Gasteiger partial charge is 0.307 e. The van der Waals surface area contributed by atoms with Crippen LogP contribution in [0, 0.1) is 5.92 Å². The fourth-order valence-corrected chi connectivity index (χ4v) is 3.21. The van der Waals surface area contributed by atoms with Gasteiger partial charge in [0.1, 0.15) is 0 Å². The molecule has 0 aliphatic heterocycles. The van der Waals surface area contributed by atoms with Crippen LogP contribution in [0.5, 0.6) is 0 Å². The molecule has 1 rings (SSSR count). The lowest BCUT2D eigenvalue weighted by molar-refractivity contribution is -0.141. The summed E-state index contributed by atoms with van der Waals surface area (Å²) in [7, 11) is -2.25. The van der Waals surface area contributed by atoms with Crippen LogP contribution in [0.3, 0.4) is 0 Å². The summed E-state index contributed by atoms with van der Waals surface area (Å²) in [5.41, 5.74) is 1.10. The average molecular weight is 313 g/mol. The number of aliphatic carboxylic acids is 1. The molecule has 0 fully saturated rings.